The third-order valence-corrected chi connectivity index (χ3v) is 6.52. The lowest BCUT2D eigenvalue weighted by molar-refractivity contribution is 0.0601. The van der Waals surface area contributed by atoms with Gasteiger partial charge in [0.25, 0.3) is 0 Å². The second kappa shape index (κ2) is 9.35. The van der Waals surface area contributed by atoms with Crippen molar-refractivity contribution in [3.05, 3.63) is 83.2 Å². The van der Waals surface area contributed by atoms with Gasteiger partial charge in [-0.3, -0.25) is 4.98 Å². The van der Waals surface area contributed by atoms with Crippen LogP contribution in [0.4, 0.5) is 5.69 Å². The molecule has 30 heavy (non-hydrogen) atoms. The van der Waals surface area contributed by atoms with Gasteiger partial charge in [-0.15, -0.1) is 0 Å². The van der Waals surface area contributed by atoms with Gasteiger partial charge in [-0.05, 0) is 67.6 Å². The van der Waals surface area contributed by atoms with Crippen molar-refractivity contribution in [1.82, 2.24) is 4.98 Å². The lowest BCUT2D eigenvalue weighted by Crippen LogP contribution is -2.19. The molecule has 4 rings (SSSR count). The molecule has 3 aromatic rings. The number of nitrogens with zero attached hydrogens (tertiary/aromatic N) is 1. The predicted octanol–water partition coefficient (Wildman–Crippen LogP) is 5.86. The highest BCUT2D eigenvalue weighted by molar-refractivity contribution is 7.99. The molecule has 0 spiro atoms. The van der Waals surface area contributed by atoms with Crippen LogP contribution in [-0.2, 0) is 11.2 Å². The minimum Gasteiger partial charge on any atom is -0.465 e. The van der Waals surface area contributed by atoms with Crippen molar-refractivity contribution in [2.75, 3.05) is 19.0 Å². The molecule has 1 atom stereocenters. The number of carbonyl (C=O) groups excluding carboxylic acids is 1. The maximum Gasteiger partial charge on any atom is 0.340 e. The van der Waals surface area contributed by atoms with E-state index in [4.69, 9.17) is 4.74 Å². The molecule has 1 aliphatic carbocycles. The van der Waals surface area contributed by atoms with Gasteiger partial charge >= 0.3 is 5.97 Å². The van der Waals surface area contributed by atoms with Crippen LogP contribution in [0.25, 0.3) is 0 Å². The van der Waals surface area contributed by atoms with Crippen LogP contribution in [0.1, 0.15) is 45.8 Å². The summed E-state index contributed by atoms with van der Waals surface area (Å²) in [5, 5.41) is 3.43. The second-order valence-electron chi connectivity index (χ2n) is 7.66. The molecule has 2 aromatic carbocycles. The molecule has 1 unspecified atom stereocenters. The zero-order valence-electron chi connectivity index (χ0n) is 17.4. The van der Waals surface area contributed by atoms with Crippen molar-refractivity contribution < 1.29 is 9.53 Å². The summed E-state index contributed by atoms with van der Waals surface area (Å²) < 4.78 is 4.89. The lowest BCUT2D eigenvalue weighted by Gasteiger charge is -2.27. The zero-order valence-corrected chi connectivity index (χ0v) is 18.2. The molecule has 1 aromatic heterocycles. The first kappa shape index (κ1) is 20.5. The van der Waals surface area contributed by atoms with E-state index < -0.39 is 0 Å². The van der Waals surface area contributed by atoms with Crippen molar-refractivity contribution >= 4 is 23.4 Å². The molecule has 0 radical (unpaired) electrons. The Morgan fingerprint density at radius 2 is 2.07 bits per heavy atom. The molecule has 0 saturated carbocycles. The Labute approximate surface area is 182 Å². The monoisotopic (exact) mass is 418 g/mol. The van der Waals surface area contributed by atoms with Crippen LogP contribution in [0.5, 0.6) is 0 Å². The molecular weight excluding hydrogens is 392 g/mol. The predicted molar refractivity (Wildman–Crippen MR) is 121 cm³/mol. The number of esters is 1. The van der Waals surface area contributed by atoms with E-state index in [9.17, 15) is 4.79 Å². The van der Waals surface area contributed by atoms with Crippen LogP contribution < -0.4 is 5.32 Å². The zero-order chi connectivity index (χ0) is 20.9. The van der Waals surface area contributed by atoms with Gasteiger partial charge in [0.1, 0.15) is 0 Å². The van der Waals surface area contributed by atoms with Crippen LogP contribution in [0.3, 0.4) is 0 Å². The number of pyridine rings is 1. The minimum atomic E-state index is -0.346. The first-order valence-corrected chi connectivity index (χ1v) is 11.1. The van der Waals surface area contributed by atoms with Gasteiger partial charge in [0, 0.05) is 28.5 Å². The number of aromatic nitrogens is 1. The highest BCUT2D eigenvalue weighted by Crippen LogP contribution is 2.36. The fourth-order valence-corrected chi connectivity index (χ4v) is 5.04. The van der Waals surface area contributed by atoms with Gasteiger partial charge in [0.2, 0.25) is 0 Å². The SMILES string of the molecule is COC(=O)c1ccncc1NCC1CCCc2cc(Sc3cccc(C)c3)ccc21. The van der Waals surface area contributed by atoms with Crippen LogP contribution in [-0.4, -0.2) is 24.6 Å². The van der Waals surface area contributed by atoms with Crippen molar-refractivity contribution in [3.63, 3.8) is 0 Å². The Kier molecular flexibility index (Phi) is 6.38. The van der Waals surface area contributed by atoms with E-state index in [0.717, 1.165) is 25.1 Å². The van der Waals surface area contributed by atoms with Crippen molar-refractivity contribution in [2.24, 2.45) is 0 Å². The van der Waals surface area contributed by atoms with Gasteiger partial charge in [-0.25, -0.2) is 4.79 Å². The number of hydrogen-bond acceptors (Lipinski definition) is 5. The average molecular weight is 419 g/mol. The van der Waals surface area contributed by atoms with E-state index in [2.05, 4.69) is 59.7 Å². The van der Waals surface area contributed by atoms with Crippen molar-refractivity contribution in [1.29, 1.82) is 0 Å². The number of rotatable bonds is 6. The molecule has 4 nitrogen and oxygen atoms in total. The number of ether oxygens (including phenoxy) is 1. The number of anilines is 1. The van der Waals surface area contributed by atoms with Gasteiger partial charge in [-0.2, -0.15) is 0 Å². The molecule has 1 heterocycles. The fraction of sp³-hybridized carbons (Fsp3) is 0.280. The number of hydrogen-bond donors (Lipinski definition) is 1. The summed E-state index contributed by atoms with van der Waals surface area (Å²) in [6, 6.07) is 17.2. The maximum atomic E-state index is 12.0. The van der Waals surface area contributed by atoms with Crippen LogP contribution in [0.15, 0.2) is 70.7 Å². The Hall–Kier alpha value is -2.79. The number of nitrogens with one attached hydrogen (secondary N) is 1. The van der Waals surface area contributed by atoms with E-state index in [-0.39, 0.29) is 5.97 Å². The molecule has 0 fully saturated rings. The van der Waals surface area contributed by atoms with E-state index >= 15 is 0 Å². The summed E-state index contributed by atoms with van der Waals surface area (Å²) in [6.07, 6.45) is 6.74. The minimum absolute atomic E-state index is 0.346. The molecule has 5 heteroatoms. The standard InChI is InChI=1S/C25H26N2O2S/c1-17-5-3-8-20(13-17)30-21-9-10-22-18(14-21)6-4-7-19(22)15-27-24-16-26-12-11-23(24)25(28)29-2/h3,5,8-14,16,19,27H,4,6-7,15H2,1-2H3. The number of methoxy groups -OCH3 is 1. The first-order valence-electron chi connectivity index (χ1n) is 10.3. The number of benzene rings is 2. The molecule has 154 valence electrons. The maximum absolute atomic E-state index is 12.0. The molecular formula is C25H26N2O2S. The highest BCUT2D eigenvalue weighted by Gasteiger charge is 2.21. The Morgan fingerprint density at radius 3 is 2.90 bits per heavy atom. The molecule has 0 aliphatic heterocycles. The molecule has 0 saturated heterocycles. The normalized spacial score (nSPS) is 15.3. The second-order valence-corrected chi connectivity index (χ2v) is 8.81. The number of carbonyl (C=O) groups is 1. The summed E-state index contributed by atoms with van der Waals surface area (Å²) in [5.74, 6) is 0.0687. The highest BCUT2D eigenvalue weighted by atomic mass is 32.2. The quantitative estimate of drug-likeness (QED) is 0.508. The van der Waals surface area contributed by atoms with Crippen molar-refractivity contribution in [2.45, 2.75) is 41.9 Å². The molecule has 0 bridgehead atoms. The Bertz CT molecular complexity index is 1050. The fourth-order valence-electron chi connectivity index (χ4n) is 4.04. The molecule has 1 N–H and O–H groups in total. The van der Waals surface area contributed by atoms with E-state index in [0.29, 0.717) is 11.5 Å². The van der Waals surface area contributed by atoms with E-state index in [1.165, 1.54) is 40.0 Å². The van der Waals surface area contributed by atoms with E-state index in [1.54, 1.807) is 18.5 Å². The van der Waals surface area contributed by atoms with Gasteiger partial charge in [0.05, 0.1) is 24.6 Å². The van der Waals surface area contributed by atoms with Gasteiger partial charge in [0.15, 0.2) is 0 Å². The van der Waals surface area contributed by atoms with Gasteiger partial charge < -0.3 is 10.1 Å². The lowest BCUT2D eigenvalue weighted by atomic mass is 9.83. The Balaban J connectivity index is 1.49. The van der Waals surface area contributed by atoms with Crippen LogP contribution >= 0.6 is 11.8 Å². The summed E-state index contributed by atoms with van der Waals surface area (Å²) in [4.78, 5) is 18.7. The smallest absolute Gasteiger partial charge is 0.340 e. The van der Waals surface area contributed by atoms with Crippen LogP contribution in [0.2, 0.25) is 0 Å². The number of aryl methyl sites for hydroxylation is 2. The third-order valence-electron chi connectivity index (χ3n) is 5.54. The van der Waals surface area contributed by atoms with Crippen molar-refractivity contribution in [3.8, 4) is 0 Å². The average Bonchev–Trinajstić information content (AvgIpc) is 2.77. The summed E-state index contributed by atoms with van der Waals surface area (Å²) in [7, 11) is 1.40. The Morgan fingerprint density at radius 1 is 1.20 bits per heavy atom. The third kappa shape index (κ3) is 4.68. The number of fused-ring (bicyclic) bond motifs is 1. The topological polar surface area (TPSA) is 51.2 Å². The summed E-state index contributed by atoms with van der Waals surface area (Å²) in [5.41, 5.74) is 5.37. The summed E-state index contributed by atoms with van der Waals surface area (Å²) >= 11 is 1.82. The summed E-state index contributed by atoms with van der Waals surface area (Å²) in [6.45, 7) is 2.90. The van der Waals surface area contributed by atoms with Crippen LogP contribution in [0, 0.1) is 6.92 Å². The molecule has 1 aliphatic rings. The largest absolute Gasteiger partial charge is 0.465 e. The first-order chi connectivity index (χ1) is 14.6. The molecule has 0 amide bonds. The van der Waals surface area contributed by atoms with Gasteiger partial charge in [-0.1, -0.05) is 35.5 Å². The van der Waals surface area contributed by atoms with E-state index in [1.807, 2.05) is 11.8 Å².